The van der Waals surface area contributed by atoms with Crippen molar-refractivity contribution in [2.75, 3.05) is 33.4 Å². The van der Waals surface area contributed by atoms with E-state index in [4.69, 9.17) is 9.47 Å². The van der Waals surface area contributed by atoms with E-state index in [0.29, 0.717) is 29.9 Å². The molecule has 0 aliphatic carbocycles. The molecule has 1 aromatic carbocycles. The molecule has 0 saturated carbocycles. The van der Waals surface area contributed by atoms with Gasteiger partial charge in [0.15, 0.2) is 0 Å². The molecule has 0 unspecified atom stereocenters. The Kier molecular flexibility index (Phi) is 8.02. The number of methoxy groups -OCH3 is 1. The Morgan fingerprint density at radius 3 is 2.74 bits per heavy atom. The summed E-state index contributed by atoms with van der Waals surface area (Å²) in [7, 11) is 1.54. The van der Waals surface area contributed by atoms with Crippen molar-refractivity contribution in [1.82, 2.24) is 5.32 Å². The van der Waals surface area contributed by atoms with Crippen molar-refractivity contribution < 1.29 is 13.9 Å². The van der Waals surface area contributed by atoms with Crippen LogP contribution in [0.2, 0.25) is 0 Å². The molecule has 108 valence electrons. The summed E-state index contributed by atoms with van der Waals surface area (Å²) in [6.45, 7) is 5.29. The fourth-order valence-corrected chi connectivity index (χ4v) is 2.08. The van der Waals surface area contributed by atoms with Crippen LogP contribution in [0.25, 0.3) is 0 Å². The van der Waals surface area contributed by atoms with Crippen molar-refractivity contribution in [2.45, 2.75) is 19.8 Å². The lowest BCUT2D eigenvalue weighted by atomic mass is 10.1. The molecule has 0 aromatic heterocycles. The molecular formula is C14H21BrFNO2. The molecule has 0 bridgehead atoms. The van der Waals surface area contributed by atoms with Gasteiger partial charge < -0.3 is 14.8 Å². The number of halogens is 2. The van der Waals surface area contributed by atoms with E-state index in [2.05, 4.69) is 28.2 Å². The van der Waals surface area contributed by atoms with Crippen LogP contribution in [0, 0.1) is 5.82 Å². The monoisotopic (exact) mass is 333 g/mol. The summed E-state index contributed by atoms with van der Waals surface area (Å²) in [5.74, 6) is 0.249. The van der Waals surface area contributed by atoms with E-state index in [-0.39, 0.29) is 5.82 Å². The second-order valence-corrected chi connectivity index (χ2v) is 5.04. The van der Waals surface area contributed by atoms with E-state index in [9.17, 15) is 4.39 Å². The second-order valence-electron chi connectivity index (χ2n) is 4.19. The summed E-state index contributed by atoms with van der Waals surface area (Å²) in [6, 6.07) is 3.13. The van der Waals surface area contributed by atoms with Crippen molar-refractivity contribution >= 4 is 15.9 Å². The van der Waals surface area contributed by atoms with E-state index in [1.165, 1.54) is 6.07 Å². The maximum atomic E-state index is 13.3. The van der Waals surface area contributed by atoms with Crippen molar-refractivity contribution in [3.63, 3.8) is 0 Å². The molecule has 1 aromatic rings. The highest BCUT2D eigenvalue weighted by Gasteiger charge is 2.08. The predicted molar refractivity (Wildman–Crippen MR) is 78.3 cm³/mol. The average molecular weight is 334 g/mol. The minimum Gasteiger partial charge on any atom is -0.496 e. The Hall–Kier alpha value is -0.650. The third kappa shape index (κ3) is 5.89. The van der Waals surface area contributed by atoms with Crippen LogP contribution in [0.3, 0.4) is 0 Å². The molecule has 0 aliphatic rings. The van der Waals surface area contributed by atoms with Gasteiger partial charge in [-0.25, -0.2) is 4.39 Å². The smallest absolute Gasteiger partial charge is 0.141 e. The highest BCUT2D eigenvalue weighted by molar-refractivity contribution is 9.10. The maximum absolute atomic E-state index is 13.3. The van der Waals surface area contributed by atoms with E-state index in [1.54, 1.807) is 13.2 Å². The zero-order valence-corrected chi connectivity index (χ0v) is 13.1. The number of rotatable bonds is 9. The fraction of sp³-hybridized carbons (Fsp3) is 0.571. The molecule has 0 spiro atoms. The molecule has 1 rings (SSSR count). The normalized spacial score (nSPS) is 10.7. The van der Waals surface area contributed by atoms with Gasteiger partial charge in [-0.1, -0.05) is 6.92 Å². The molecule has 0 atom stereocenters. The van der Waals surface area contributed by atoms with Gasteiger partial charge in [0.25, 0.3) is 0 Å². The van der Waals surface area contributed by atoms with Crippen LogP contribution < -0.4 is 10.1 Å². The molecule has 0 amide bonds. The second kappa shape index (κ2) is 9.28. The van der Waals surface area contributed by atoms with E-state index >= 15 is 0 Å². The summed E-state index contributed by atoms with van der Waals surface area (Å²) >= 11 is 3.18. The van der Waals surface area contributed by atoms with Gasteiger partial charge >= 0.3 is 0 Å². The van der Waals surface area contributed by atoms with Gasteiger partial charge in [0, 0.05) is 12.6 Å². The number of nitrogens with one attached hydrogen (secondary N) is 1. The first-order valence-corrected chi connectivity index (χ1v) is 7.28. The zero-order valence-electron chi connectivity index (χ0n) is 11.5. The topological polar surface area (TPSA) is 30.5 Å². The van der Waals surface area contributed by atoms with Gasteiger partial charge in [-0.2, -0.15) is 0 Å². The van der Waals surface area contributed by atoms with Crippen LogP contribution in [0.4, 0.5) is 4.39 Å². The van der Waals surface area contributed by atoms with E-state index in [0.717, 1.165) is 25.1 Å². The molecule has 0 fully saturated rings. The van der Waals surface area contributed by atoms with Gasteiger partial charge in [-0.15, -0.1) is 0 Å². The van der Waals surface area contributed by atoms with E-state index in [1.807, 2.05) is 0 Å². The van der Waals surface area contributed by atoms with Crippen LogP contribution in [-0.4, -0.2) is 33.4 Å². The third-order valence-corrected chi connectivity index (χ3v) is 3.30. The van der Waals surface area contributed by atoms with Crippen molar-refractivity contribution in [3.8, 4) is 5.75 Å². The number of ether oxygens (including phenoxy) is 2. The zero-order chi connectivity index (χ0) is 14.1. The summed E-state index contributed by atoms with van der Waals surface area (Å²) in [5.41, 5.74) is 0.942. The first kappa shape index (κ1) is 16.4. The van der Waals surface area contributed by atoms with Gasteiger partial charge in [0.1, 0.15) is 11.6 Å². The molecule has 0 heterocycles. The Balaban J connectivity index is 2.34. The highest BCUT2D eigenvalue weighted by atomic mass is 79.9. The molecule has 1 N–H and O–H groups in total. The minimum absolute atomic E-state index is 0.315. The highest BCUT2D eigenvalue weighted by Crippen LogP contribution is 2.26. The Bertz CT molecular complexity index is 388. The van der Waals surface area contributed by atoms with Crippen LogP contribution in [0.15, 0.2) is 16.6 Å². The molecule has 0 saturated heterocycles. The van der Waals surface area contributed by atoms with Crippen LogP contribution in [0.5, 0.6) is 5.75 Å². The number of hydrogen-bond donors (Lipinski definition) is 1. The quantitative estimate of drug-likeness (QED) is 0.704. The number of hydrogen-bond acceptors (Lipinski definition) is 3. The summed E-state index contributed by atoms with van der Waals surface area (Å²) in [4.78, 5) is 0. The lowest BCUT2D eigenvalue weighted by molar-refractivity contribution is 0.138. The van der Waals surface area contributed by atoms with Crippen molar-refractivity contribution in [2.24, 2.45) is 0 Å². The maximum Gasteiger partial charge on any atom is 0.141 e. The predicted octanol–water partition coefficient (Wildman–Crippen LogP) is 3.16. The minimum atomic E-state index is -0.315. The average Bonchev–Trinajstić information content (AvgIpc) is 2.41. The lowest BCUT2D eigenvalue weighted by Crippen LogP contribution is -2.20. The molecule has 5 heteroatoms. The summed E-state index contributed by atoms with van der Waals surface area (Å²) in [5, 5.41) is 3.27. The van der Waals surface area contributed by atoms with Crippen LogP contribution in [0.1, 0.15) is 18.9 Å². The SMILES string of the molecule is CCCNCCOCCc1cc(Br)c(F)cc1OC. The molecule has 3 nitrogen and oxygen atoms in total. The first-order chi connectivity index (χ1) is 9.19. The lowest BCUT2D eigenvalue weighted by Gasteiger charge is -2.10. The summed E-state index contributed by atoms with van der Waals surface area (Å²) in [6.07, 6.45) is 1.83. The van der Waals surface area contributed by atoms with Gasteiger partial charge in [0.05, 0.1) is 24.8 Å². The van der Waals surface area contributed by atoms with Gasteiger partial charge in [-0.3, -0.25) is 0 Å². The Labute approximate surface area is 122 Å². The fourth-order valence-electron chi connectivity index (χ4n) is 1.69. The van der Waals surface area contributed by atoms with Crippen LogP contribution >= 0.6 is 15.9 Å². The van der Waals surface area contributed by atoms with Gasteiger partial charge in [0.2, 0.25) is 0 Å². The van der Waals surface area contributed by atoms with Gasteiger partial charge in [-0.05, 0) is 46.9 Å². The molecule has 0 radical (unpaired) electrons. The van der Waals surface area contributed by atoms with E-state index < -0.39 is 0 Å². The van der Waals surface area contributed by atoms with Crippen molar-refractivity contribution in [1.29, 1.82) is 0 Å². The standard InChI is InChI=1S/C14H21BrFNO2/c1-3-5-17-6-8-19-7-4-11-9-12(15)13(16)10-14(11)18-2/h9-10,17H,3-8H2,1-2H3. The van der Waals surface area contributed by atoms with Crippen molar-refractivity contribution in [3.05, 3.63) is 28.0 Å². The summed E-state index contributed by atoms with van der Waals surface area (Å²) < 4.78 is 24.5. The largest absolute Gasteiger partial charge is 0.496 e. The van der Waals surface area contributed by atoms with Crippen LogP contribution in [-0.2, 0) is 11.2 Å². The Morgan fingerprint density at radius 1 is 1.26 bits per heavy atom. The first-order valence-electron chi connectivity index (χ1n) is 6.49. The molecular weight excluding hydrogens is 313 g/mol. The Morgan fingerprint density at radius 2 is 2.05 bits per heavy atom. The third-order valence-electron chi connectivity index (χ3n) is 2.69. The number of benzene rings is 1. The molecule has 19 heavy (non-hydrogen) atoms. The molecule has 0 aliphatic heterocycles.